The Hall–Kier alpha value is -4.43. The smallest absolute Gasteiger partial charge is 0.409 e. The van der Waals surface area contributed by atoms with Crippen LogP contribution in [0.1, 0.15) is 45.8 Å². The normalized spacial score (nSPS) is 14.0. The van der Waals surface area contributed by atoms with Crippen LogP contribution in [0.2, 0.25) is 0 Å². The van der Waals surface area contributed by atoms with Gasteiger partial charge in [0.15, 0.2) is 0 Å². The van der Waals surface area contributed by atoms with Crippen molar-refractivity contribution in [2.45, 2.75) is 25.4 Å². The zero-order chi connectivity index (χ0) is 24.4. The Morgan fingerprint density at radius 1 is 1.06 bits per heavy atom. The molecule has 6 rings (SSSR count). The monoisotopic (exact) mass is 468 g/mol. The first-order valence-corrected chi connectivity index (χ1v) is 11.3. The van der Waals surface area contributed by atoms with Crippen molar-refractivity contribution in [2.75, 3.05) is 5.32 Å². The van der Waals surface area contributed by atoms with E-state index < -0.39 is 12.0 Å². The van der Waals surface area contributed by atoms with E-state index in [1.807, 2.05) is 24.3 Å². The second kappa shape index (κ2) is 9.44. The topological polar surface area (TPSA) is 127 Å². The average molecular weight is 469 g/mol. The summed E-state index contributed by atoms with van der Waals surface area (Å²) < 4.78 is 0. The fraction of sp³-hybridized carbons (Fsp3) is 0.148. The number of nitrogens with one attached hydrogen (secondary N) is 3. The number of anilines is 1. The molecule has 2 heterocycles. The lowest BCUT2D eigenvalue weighted by atomic mass is 10.0. The third-order valence-electron chi connectivity index (χ3n) is 6.04. The molecule has 2 aliphatic rings. The molecule has 35 heavy (non-hydrogen) atoms. The summed E-state index contributed by atoms with van der Waals surface area (Å²) in [7, 11) is 0. The maximum Gasteiger partial charge on any atom is 0.409 e. The van der Waals surface area contributed by atoms with E-state index in [1.165, 1.54) is 24.5 Å². The SMILES string of the molecule is O=C(O)Nc1cc2c3c(c(-c4cccc(CO)c4)[nH]c3c1)C=NNC2=O.c1ccc(C2CC2)cc1. The lowest BCUT2D eigenvalue weighted by Gasteiger charge is -2.05. The number of H-pyrrole nitrogens is 1. The number of aromatic nitrogens is 1. The molecule has 1 aliphatic heterocycles. The van der Waals surface area contributed by atoms with Gasteiger partial charge in [-0.05, 0) is 53.6 Å². The van der Waals surface area contributed by atoms with E-state index in [9.17, 15) is 14.7 Å². The van der Waals surface area contributed by atoms with Crippen LogP contribution in [-0.2, 0) is 6.61 Å². The molecule has 8 heteroatoms. The molecule has 1 fully saturated rings. The van der Waals surface area contributed by atoms with Crippen molar-refractivity contribution in [3.8, 4) is 11.3 Å². The number of hydrazone groups is 1. The lowest BCUT2D eigenvalue weighted by Crippen LogP contribution is -2.17. The van der Waals surface area contributed by atoms with Crippen LogP contribution in [0.3, 0.4) is 0 Å². The highest BCUT2D eigenvalue weighted by Gasteiger charge is 2.23. The fourth-order valence-corrected chi connectivity index (χ4v) is 4.27. The first-order valence-electron chi connectivity index (χ1n) is 11.3. The molecule has 0 saturated heterocycles. The van der Waals surface area contributed by atoms with Crippen LogP contribution in [0.15, 0.2) is 71.8 Å². The summed E-state index contributed by atoms with van der Waals surface area (Å²) in [5, 5.41) is 25.2. The highest BCUT2D eigenvalue weighted by Crippen LogP contribution is 2.39. The van der Waals surface area contributed by atoms with Crippen molar-refractivity contribution in [3.63, 3.8) is 0 Å². The van der Waals surface area contributed by atoms with Crippen molar-refractivity contribution in [1.29, 1.82) is 0 Å². The predicted molar refractivity (Wildman–Crippen MR) is 135 cm³/mol. The number of benzene rings is 3. The fourth-order valence-electron chi connectivity index (χ4n) is 4.27. The van der Waals surface area contributed by atoms with E-state index in [2.05, 4.69) is 51.2 Å². The van der Waals surface area contributed by atoms with E-state index in [1.54, 1.807) is 12.3 Å². The van der Waals surface area contributed by atoms with Crippen LogP contribution < -0.4 is 10.7 Å². The lowest BCUT2D eigenvalue weighted by molar-refractivity contribution is 0.0957. The van der Waals surface area contributed by atoms with Crippen LogP contribution in [0, 0.1) is 0 Å². The van der Waals surface area contributed by atoms with E-state index in [0.717, 1.165) is 22.7 Å². The zero-order valence-corrected chi connectivity index (χ0v) is 18.8. The molecular weight excluding hydrogens is 444 g/mol. The number of hydrogen-bond donors (Lipinski definition) is 5. The van der Waals surface area contributed by atoms with E-state index in [4.69, 9.17) is 5.11 Å². The van der Waals surface area contributed by atoms with E-state index in [-0.39, 0.29) is 12.3 Å². The number of nitrogens with zero attached hydrogens (tertiary/aromatic N) is 1. The number of aromatic amines is 1. The number of aliphatic hydroxyl groups is 1. The molecule has 0 radical (unpaired) electrons. The van der Waals surface area contributed by atoms with Gasteiger partial charge in [-0.1, -0.05) is 48.5 Å². The summed E-state index contributed by atoms with van der Waals surface area (Å²) in [6.45, 7) is -0.0878. The highest BCUT2D eigenvalue weighted by atomic mass is 16.4. The van der Waals surface area contributed by atoms with Gasteiger partial charge in [-0.3, -0.25) is 10.1 Å². The summed E-state index contributed by atoms with van der Waals surface area (Å²) in [5.41, 5.74) is 8.16. The molecule has 0 atom stereocenters. The number of amides is 2. The van der Waals surface area contributed by atoms with Gasteiger partial charge in [0.2, 0.25) is 0 Å². The molecule has 0 unspecified atom stereocenters. The molecule has 1 saturated carbocycles. The van der Waals surface area contributed by atoms with Crippen molar-refractivity contribution < 1.29 is 19.8 Å². The number of carboxylic acid groups (broad SMARTS) is 1. The predicted octanol–water partition coefficient (Wildman–Crippen LogP) is 5.06. The minimum Gasteiger partial charge on any atom is -0.465 e. The molecule has 1 aliphatic carbocycles. The zero-order valence-electron chi connectivity index (χ0n) is 18.8. The Morgan fingerprint density at radius 2 is 1.86 bits per heavy atom. The molecule has 8 nitrogen and oxygen atoms in total. The van der Waals surface area contributed by atoms with Crippen LogP contribution in [0.5, 0.6) is 0 Å². The molecule has 5 N–H and O–H groups in total. The molecule has 1 aromatic heterocycles. The quantitative estimate of drug-likeness (QED) is 0.287. The summed E-state index contributed by atoms with van der Waals surface area (Å²) >= 11 is 0. The van der Waals surface area contributed by atoms with Gasteiger partial charge in [-0.2, -0.15) is 5.10 Å². The first kappa shape index (κ1) is 22.4. The number of rotatable bonds is 4. The third-order valence-corrected chi connectivity index (χ3v) is 6.04. The maximum atomic E-state index is 12.3. The second-order valence-electron chi connectivity index (χ2n) is 8.53. The summed E-state index contributed by atoms with van der Waals surface area (Å²) in [5.74, 6) is 0.486. The number of carbonyl (C=O) groups excluding carboxylic acids is 1. The first-order chi connectivity index (χ1) is 17.0. The summed E-state index contributed by atoms with van der Waals surface area (Å²) in [6.07, 6.45) is 3.15. The van der Waals surface area contributed by atoms with Crippen molar-refractivity contribution >= 4 is 34.8 Å². The van der Waals surface area contributed by atoms with Crippen molar-refractivity contribution in [2.24, 2.45) is 5.10 Å². The molecule has 4 aromatic rings. The van der Waals surface area contributed by atoms with Gasteiger partial charge in [0.1, 0.15) is 0 Å². The molecular formula is C27H24N4O4. The minimum absolute atomic E-state index is 0.0878. The number of hydrogen-bond acceptors (Lipinski definition) is 4. The summed E-state index contributed by atoms with van der Waals surface area (Å²) in [4.78, 5) is 26.5. The Labute approximate surface area is 201 Å². The van der Waals surface area contributed by atoms with Crippen molar-refractivity contribution in [3.05, 3.63) is 89.0 Å². The minimum atomic E-state index is -1.22. The average Bonchev–Trinajstić information content (AvgIpc) is 3.67. The van der Waals surface area contributed by atoms with Gasteiger partial charge in [0, 0.05) is 22.2 Å². The largest absolute Gasteiger partial charge is 0.465 e. The van der Waals surface area contributed by atoms with Crippen LogP contribution in [0.25, 0.3) is 22.2 Å². The van der Waals surface area contributed by atoms with Gasteiger partial charge >= 0.3 is 6.09 Å². The van der Waals surface area contributed by atoms with Gasteiger partial charge in [-0.25, -0.2) is 10.2 Å². The molecule has 3 aromatic carbocycles. The molecule has 0 spiro atoms. The Bertz CT molecular complexity index is 1440. The van der Waals surface area contributed by atoms with Crippen molar-refractivity contribution in [1.82, 2.24) is 10.4 Å². The van der Waals surface area contributed by atoms with E-state index >= 15 is 0 Å². The second-order valence-corrected chi connectivity index (χ2v) is 8.53. The Kier molecular flexibility index (Phi) is 6.03. The van der Waals surface area contributed by atoms with Gasteiger partial charge in [0.05, 0.1) is 24.1 Å². The number of aliphatic hydroxyl groups excluding tert-OH is 1. The van der Waals surface area contributed by atoms with Gasteiger partial charge < -0.3 is 15.2 Å². The van der Waals surface area contributed by atoms with Crippen LogP contribution in [-0.4, -0.2) is 33.4 Å². The molecule has 2 amide bonds. The highest BCUT2D eigenvalue weighted by molar-refractivity contribution is 6.18. The standard InChI is InChI=1S/C18H14N4O4.C9H10/c23-8-9-2-1-3-10(4-9)16-13-7-19-22-17(24)12-5-11(20-18(25)26)6-14(21-16)15(12)13;1-2-4-8(5-3-1)9-6-7-9/h1-7,20-21,23H,8H2,(H,22,24)(H,25,26);1-5,9H,6-7H2. The molecule has 0 bridgehead atoms. The summed E-state index contributed by atoms with van der Waals surface area (Å²) in [6, 6.07) is 21.2. The number of carbonyl (C=O) groups is 2. The van der Waals surface area contributed by atoms with Gasteiger partial charge in [-0.15, -0.1) is 0 Å². The van der Waals surface area contributed by atoms with Crippen LogP contribution >= 0.6 is 0 Å². The van der Waals surface area contributed by atoms with E-state index in [0.29, 0.717) is 22.0 Å². The maximum absolute atomic E-state index is 12.3. The third kappa shape index (κ3) is 4.78. The van der Waals surface area contributed by atoms with Crippen LogP contribution in [0.4, 0.5) is 10.5 Å². The molecule has 176 valence electrons. The Balaban J connectivity index is 0.000000234. The Morgan fingerprint density at radius 3 is 2.57 bits per heavy atom. The van der Waals surface area contributed by atoms with Gasteiger partial charge in [0.25, 0.3) is 5.91 Å².